The van der Waals surface area contributed by atoms with Gasteiger partial charge in [0, 0.05) is 6.54 Å². The van der Waals surface area contributed by atoms with Crippen LogP contribution in [0.2, 0.25) is 0 Å². The number of nitrogens with one attached hydrogen (secondary N) is 2. The fourth-order valence-electron chi connectivity index (χ4n) is 1.37. The van der Waals surface area contributed by atoms with Crippen LogP contribution in [0.1, 0.15) is 26.7 Å². The number of thioether (sulfide) groups is 1. The second kappa shape index (κ2) is 9.15. The molecule has 5 nitrogen and oxygen atoms in total. The number of carbonyl (C=O) groups is 2. The first-order valence-electron chi connectivity index (χ1n) is 5.77. The van der Waals surface area contributed by atoms with Gasteiger partial charge in [-0.25, -0.2) is 9.59 Å². The zero-order chi connectivity index (χ0) is 13.3. The van der Waals surface area contributed by atoms with E-state index in [-0.39, 0.29) is 0 Å². The maximum absolute atomic E-state index is 11.4. The Kier molecular flexibility index (Phi) is 8.66. The van der Waals surface area contributed by atoms with Crippen molar-refractivity contribution in [1.82, 2.24) is 10.6 Å². The summed E-state index contributed by atoms with van der Waals surface area (Å²) in [6.45, 7) is 4.48. The van der Waals surface area contributed by atoms with Crippen molar-refractivity contribution in [3.63, 3.8) is 0 Å². The molecule has 0 aromatic carbocycles. The summed E-state index contributed by atoms with van der Waals surface area (Å²) >= 11 is 1.72. The Balaban J connectivity index is 3.93. The number of urea groups is 1. The van der Waals surface area contributed by atoms with Crippen molar-refractivity contribution in [1.29, 1.82) is 0 Å². The molecule has 17 heavy (non-hydrogen) atoms. The van der Waals surface area contributed by atoms with Crippen LogP contribution in [-0.2, 0) is 4.79 Å². The highest BCUT2D eigenvalue weighted by Gasteiger charge is 2.18. The molecule has 0 rings (SSSR count). The first kappa shape index (κ1) is 16.1. The van der Waals surface area contributed by atoms with Gasteiger partial charge in [0.25, 0.3) is 0 Å². The molecule has 3 N–H and O–H groups in total. The summed E-state index contributed by atoms with van der Waals surface area (Å²) in [5.74, 6) is 0.363. The molecular weight excluding hydrogens is 240 g/mol. The second-order valence-corrected chi connectivity index (χ2v) is 5.01. The van der Waals surface area contributed by atoms with E-state index in [1.54, 1.807) is 11.8 Å². The number of aliphatic carboxylic acids is 1. The van der Waals surface area contributed by atoms with E-state index >= 15 is 0 Å². The summed E-state index contributed by atoms with van der Waals surface area (Å²) in [4.78, 5) is 22.3. The number of carboxylic acid groups (broad SMARTS) is 1. The quantitative estimate of drug-likeness (QED) is 0.620. The van der Waals surface area contributed by atoms with Crippen molar-refractivity contribution in [2.24, 2.45) is 5.92 Å². The summed E-state index contributed by atoms with van der Waals surface area (Å²) < 4.78 is 0. The van der Waals surface area contributed by atoms with E-state index in [2.05, 4.69) is 10.6 Å². The molecule has 0 aromatic rings. The van der Waals surface area contributed by atoms with Gasteiger partial charge in [-0.3, -0.25) is 0 Å². The number of carboxylic acids is 1. The lowest BCUT2D eigenvalue weighted by atomic mass is 10.2. The average Bonchev–Trinajstić information content (AvgIpc) is 2.26. The second-order valence-electron chi connectivity index (χ2n) is 4.09. The van der Waals surface area contributed by atoms with Gasteiger partial charge >= 0.3 is 12.0 Å². The van der Waals surface area contributed by atoms with Crippen LogP contribution in [0, 0.1) is 5.92 Å². The van der Waals surface area contributed by atoms with E-state index in [4.69, 9.17) is 5.11 Å². The third-order valence-corrected chi connectivity index (χ3v) is 3.15. The zero-order valence-corrected chi connectivity index (χ0v) is 11.5. The summed E-state index contributed by atoms with van der Waals surface area (Å²) in [7, 11) is 0. The molecule has 100 valence electrons. The van der Waals surface area contributed by atoms with Crippen LogP contribution in [0.4, 0.5) is 4.79 Å². The van der Waals surface area contributed by atoms with Crippen molar-refractivity contribution in [3.8, 4) is 0 Å². The number of rotatable bonds is 8. The van der Waals surface area contributed by atoms with Crippen molar-refractivity contribution >= 4 is 23.8 Å². The van der Waals surface area contributed by atoms with Gasteiger partial charge in [-0.2, -0.15) is 11.8 Å². The number of amides is 2. The Morgan fingerprint density at radius 1 is 1.41 bits per heavy atom. The smallest absolute Gasteiger partial charge is 0.326 e. The van der Waals surface area contributed by atoms with Crippen molar-refractivity contribution in [2.45, 2.75) is 32.7 Å². The van der Waals surface area contributed by atoms with Crippen LogP contribution in [-0.4, -0.2) is 41.7 Å². The maximum atomic E-state index is 11.4. The molecule has 0 heterocycles. The van der Waals surface area contributed by atoms with Crippen molar-refractivity contribution < 1.29 is 14.7 Å². The van der Waals surface area contributed by atoms with E-state index in [1.165, 1.54) is 0 Å². The van der Waals surface area contributed by atoms with E-state index in [9.17, 15) is 9.59 Å². The predicted octanol–water partition coefficient (Wildman–Crippen LogP) is 1.54. The molecule has 0 saturated carbocycles. The lowest BCUT2D eigenvalue weighted by Gasteiger charge is -2.16. The number of hydrogen-bond donors (Lipinski definition) is 3. The largest absolute Gasteiger partial charge is 0.480 e. The monoisotopic (exact) mass is 262 g/mol. The van der Waals surface area contributed by atoms with Gasteiger partial charge in [-0.1, -0.05) is 20.3 Å². The van der Waals surface area contributed by atoms with Crippen LogP contribution in [0.25, 0.3) is 0 Å². The van der Waals surface area contributed by atoms with Crippen LogP contribution in [0.3, 0.4) is 0 Å². The van der Waals surface area contributed by atoms with E-state index < -0.39 is 18.0 Å². The molecule has 0 aliphatic rings. The Labute approximate surface area is 107 Å². The molecule has 0 saturated heterocycles. The highest BCUT2D eigenvalue weighted by molar-refractivity contribution is 7.98. The molecule has 0 aliphatic heterocycles. The lowest BCUT2D eigenvalue weighted by molar-refractivity contribution is -0.139. The molecule has 0 bridgehead atoms. The molecule has 2 amide bonds. The molecule has 2 atom stereocenters. The Bertz CT molecular complexity index is 249. The van der Waals surface area contributed by atoms with Crippen LogP contribution >= 0.6 is 11.8 Å². The standard InChI is InChI=1S/C11H22N2O3S/c1-4-5-9(10(14)15)13-11(16)12-6-8(2)7-17-3/h8-9H,4-7H2,1-3H3,(H,14,15)(H2,12,13,16). The molecule has 0 aromatic heterocycles. The summed E-state index contributed by atoms with van der Waals surface area (Å²) in [6.07, 6.45) is 3.18. The van der Waals surface area contributed by atoms with Gasteiger partial charge in [-0.15, -0.1) is 0 Å². The fourth-order valence-corrected chi connectivity index (χ4v) is 2.05. The summed E-state index contributed by atoms with van der Waals surface area (Å²) in [5, 5.41) is 14.0. The SMILES string of the molecule is CCCC(NC(=O)NCC(C)CSC)C(=O)O. The van der Waals surface area contributed by atoms with Crippen molar-refractivity contribution in [3.05, 3.63) is 0 Å². The first-order valence-corrected chi connectivity index (χ1v) is 7.16. The highest BCUT2D eigenvalue weighted by atomic mass is 32.2. The Morgan fingerprint density at radius 2 is 2.06 bits per heavy atom. The topological polar surface area (TPSA) is 78.4 Å². The lowest BCUT2D eigenvalue weighted by Crippen LogP contribution is -2.46. The Morgan fingerprint density at radius 3 is 2.53 bits per heavy atom. The van der Waals surface area contributed by atoms with Gasteiger partial charge in [-0.05, 0) is 24.3 Å². The molecule has 0 aliphatic carbocycles. The van der Waals surface area contributed by atoms with Crippen LogP contribution in [0.5, 0.6) is 0 Å². The minimum absolute atomic E-state index is 0.380. The van der Waals surface area contributed by atoms with Crippen molar-refractivity contribution in [2.75, 3.05) is 18.6 Å². The molecular formula is C11H22N2O3S. The summed E-state index contributed by atoms with van der Waals surface area (Å²) in [5.41, 5.74) is 0. The minimum Gasteiger partial charge on any atom is -0.480 e. The van der Waals surface area contributed by atoms with Crippen LogP contribution < -0.4 is 10.6 Å². The number of carbonyl (C=O) groups excluding carboxylic acids is 1. The maximum Gasteiger partial charge on any atom is 0.326 e. The van der Waals surface area contributed by atoms with Gasteiger partial charge in [0.2, 0.25) is 0 Å². The van der Waals surface area contributed by atoms with Gasteiger partial charge in [0.15, 0.2) is 0 Å². The van der Waals surface area contributed by atoms with E-state index in [0.717, 1.165) is 12.2 Å². The normalized spacial score (nSPS) is 13.8. The molecule has 0 radical (unpaired) electrons. The highest BCUT2D eigenvalue weighted by Crippen LogP contribution is 2.02. The number of hydrogen-bond acceptors (Lipinski definition) is 3. The third kappa shape index (κ3) is 7.90. The van der Waals surface area contributed by atoms with E-state index in [0.29, 0.717) is 18.9 Å². The van der Waals surface area contributed by atoms with E-state index in [1.807, 2.05) is 20.1 Å². The Hall–Kier alpha value is -0.910. The molecule has 2 unspecified atom stereocenters. The third-order valence-electron chi connectivity index (χ3n) is 2.24. The predicted molar refractivity (Wildman–Crippen MR) is 70.4 cm³/mol. The molecule has 6 heteroatoms. The molecule has 0 fully saturated rings. The van der Waals surface area contributed by atoms with Gasteiger partial charge < -0.3 is 15.7 Å². The average molecular weight is 262 g/mol. The minimum atomic E-state index is -0.987. The van der Waals surface area contributed by atoms with Gasteiger partial charge in [0.1, 0.15) is 6.04 Å². The van der Waals surface area contributed by atoms with Gasteiger partial charge in [0.05, 0.1) is 0 Å². The van der Waals surface area contributed by atoms with Crippen LogP contribution in [0.15, 0.2) is 0 Å². The summed E-state index contributed by atoms with van der Waals surface area (Å²) in [6, 6.07) is -1.20. The molecule has 0 spiro atoms. The zero-order valence-electron chi connectivity index (χ0n) is 10.7. The first-order chi connectivity index (χ1) is 8.01. The fraction of sp³-hybridized carbons (Fsp3) is 0.818.